The van der Waals surface area contributed by atoms with Crippen LogP contribution in [0.2, 0.25) is 0 Å². The van der Waals surface area contributed by atoms with Crippen molar-refractivity contribution in [2.24, 2.45) is 0 Å². The van der Waals surface area contributed by atoms with Crippen molar-refractivity contribution in [1.29, 1.82) is 0 Å². The monoisotopic (exact) mass is 381 g/mol. The van der Waals surface area contributed by atoms with Crippen LogP contribution in [0.5, 0.6) is 5.75 Å². The number of nitro benzene ring substituents is 1. The molecule has 0 aliphatic heterocycles. The Labute approximate surface area is 160 Å². The number of hydrogen-bond donors (Lipinski definition) is 2. The van der Waals surface area contributed by atoms with E-state index < -0.39 is 10.8 Å². The smallest absolute Gasteiger partial charge is 0.271 e. The molecule has 7 nitrogen and oxygen atoms in total. The first-order valence-corrected chi connectivity index (χ1v) is 8.39. The topological polar surface area (TPSA) is 93.5 Å². The van der Waals surface area contributed by atoms with Crippen LogP contribution in [0, 0.1) is 10.1 Å². The third-order valence-electron chi connectivity index (χ3n) is 3.68. The molecule has 0 aromatic heterocycles. The van der Waals surface area contributed by atoms with Gasteiger partial charge in [0.25, 0.3) is 11.6 Å². The first-order chi connectivity index (χ1) is 13.0. The van der Waals surface area contributed by atoms with Crippen LogP contribution in [0.3, 0.4) is 0 Å². The minimum atomic E-state index is -0.509. The Kier molecular flexibility index (Phi) is 5.58. The largest absolute Gasteiger partial charge is 0.483 e. The van der Waals surface area contributed by atoms with Crippen molar-refractivity contribution in [1.82, 2.24) is 5.32 Å². The zero-order valence-electron chi connectivity index (χ0n) is 14.0. The molecule has 0 heterocycles. The number of non-ortho nitro benzene ring substituents is 1. The van der Waals surface area contributed by atoms with Gasteiger partial charge in [0, 0.05) is 23.2 Å². The average Bonchev–Trinajstić information content (AvgIpc) is 2.66. The van der Waals surface area contributed by atoms with Gasteiger partial charge < -0.3 is 10.1 Å². The van der Waals surface area contributed by atoms with Gasteiger partial charge in [-0.2, -0.15) is 0 Å². The Balaban J connectivity index is 1.56. The molecule has 136 valence electrons. The fourth-order valence-electron chi connectivity index (χ4n) is 2.49. The number of hydrogen-bond acceptors (Lipinski definition) is 5. The maximum absolute atomic E-state index is 12.1. The highest BCUT2D eigenvalue weighted by Gasteiger charge is 2.10. The number of nitrogens with zero attached hydrogens (tertiary/aromatic N) is 1. The number of nitrogens with one attached hydrogen (secondary N) is 2. The zero-order chi connectivity index (χ0) is 19.2. The molecule has 1 amide bonds. The van der Waals surface area contributed by atoms with Gasteiger partial charge in [0.05, 0.1) is 4.92 Å². The Bertz CT molecular complexity index is 1020. The van der Waals surface area contributed by atoms with E-state index in [4.69, 9.17) is 17.0 Å². The van der Waals surface area contributed by atoms with Crippen LogP contribution in [-0.4, -0.2) is 22.5 Å². The van der Waals surface area contributed by atoms with Gasteiger partial charge in [-0.15, -0.1) is 0 Å². The van der Waals surface area contributed by atoms with Crippen LogP contribution >= 0.6 is 12.2 Å². The van der Waals surface area contributed by atoms with Crippen molar-refractivity contribution < 1.29 is 14.5 Å². The summed E-state index contributed by atoms with van der Waals surface area (Å²) >= 11 is 5.06. The molecule has 0 unspecified atom stereocenters. The van der Waals surface area contributed by atoms with E-state index in [2.05, 4.69) is 10.6 Å². The number of ether oxygens (including phenoxy) is 1. The summed E-state index contributed by atoms with van der Waals surface area (Å²) in [5.41, 5.74) is 0.331. The summed E-state index contributed by atoms with van der Waals surface area (Å²) in [6, 6.07) is 19.1. The minimum Gasteiger partial charge on any atom is -0.483 e. The fourth-order valence-corrected chi connectivity index (χ4v) is 2.72. The number of carbonyl (C=O) groups excluding carboxylic acids is 1. The average molecular weight is 381 g/mol. The summed E-state index contributed by atoms with van der Waals surface area (Å²) < 4.78 is 5.59. The first kappa shape index (κ1) is 18.3. The molecule has 3 aromatic carbocycles. The van der Waals surface area contributed by atoms with Gasteiger partial charge in [-0.1, -0.05) is 42.5 Å². The molecule has 2 N–H and O–H groups in total. The Morgan fingerprint density at radius 3 is 2.63 bits per heavy atom. The second kappa shape index (κ2) is 8.24. The first-order valence-electron chi connectivity index (χ1n) is 7.99. The molecule has 27 heavy (non-hydrogen) atoms. The second-order valence-electron chi connectivity index (χ2n) is 5.58. The standard InChI is InChI=1S/C19H15N3O4S/c23-18(12-26-17-10-3-6-13-5-1-2-9-16(13)17)21-19(27)20-14-7-4-8-15(11-14)22(24)25/h1-11H,12H2,(H2,20,21,23,27). The van der Waals surface area contributed by atoms with E-state index in [0.717, 1.165) is 10.8 Å². The summed E-state index contributed by atoms with van der Waals surface area (Å²) in [7, 11) is 0. The van der Waals surface area contributed by atoms with Crippen LogP contribution in [0.1, 0.15) is 0 Å². The van der Waals surface area contributed by atoms with Crippen molar-refractivity contribution in [2.75, 3.05) is 11.9 Å². The SMILES string of the molecule is O=C(COc1cccc2ccccc12)NC(=S)Nc1cccc([N+](=O)[O-])c1. The third kappa shape index (κ3) is 4.77. The van der Waals surface area contributed by atoms with Crippen LogP contribution in [0.15, 0.2) is 66.7 Å². The van der Waals surface area contributed by atoms with Crippen molar-refractivity contribution >= 4 is 45.4 Å². The van der Waals surface area contributed by atoms with Crippen molar-refractivity contribution in [3.63, 3.8) is 0 Å². The number of anilines is 1. The molecular formula is C19H15N3O4S. The number of benzene rings is 3. The van der Waals surface area contributed by atoms with Crippen LogP contribution in [0.4, 0.5) is 11.4 Å². The predicted octanol–water partition coefficient (Wildman–Crippen LogP) is 3.64. The molecule has 8 heteroatoms. The Morgan fingerprint density at radius 1 is 1.07 bits per heavy atom. The summed E-state index contributed by atoms with van der Waals surface area (Å²) in [5.74, 6) is 0.159. The number of thiocarbonyl (C=S) groups is 1. The van der Waals surface area contributed by atoms with Crippen molar-refractivity contribution in [3.8, 4) is 5.75 Å². The van der Waals surface area contributed by atoms with E-state index in [1.54, 1.807) is 12.1 Å². The summed E-state index contributed by atoms with van der Waals surface area (Å²) in [4.78, 5) is 22.3. The molecule has 0 spiro atoms. The van der Waals surface area contributed by atoms with Crippen LogP contribution in [-0.2, 0) is 4.79 Å². The minimum absolute atomic E-state index is 0.0296. The van der Waals surface area contributed by atoms with Gasteiger partial charge in [0.1, 0.15) is 5.75 Å². The van der Waals surface area contributed by atoms with Crippen LogP contribution < -0.4 is 15.4 Å². The van der Waals surface area contributed by atoms with E-state index in [-0.39, 0.29) is 17.4 Å². The molecule has 0 radical (unpaired) electrons. The summed E-state index contributed by atoms with van der Waals surface area (Å²) in [5, 5.41) is 18.0. The zero-order valence-corrected chi connectivity index (χ0v) is 14.9. The number of carbonyl (C=O) groups is 1. The van der Waals surface area contributed by atoms with E-state index >= 15 is 0 Å². The molecular weight excluding hydrogens is 366 g/mol. The molecule has 0 saturated heterocycles. The Morgan fingerprint density at radius 2 is 1.81 bits per heavy atom. The lowest BCUT2D eigenvalue weighted by Crippen LogP contribution is -2.37. The molecule has 0 saturated carbocycles. The molecule has 3 aromatic rings. The maximum atomic E-state index is 12.1. The number of rotatable bonds is 5. The number of nitro groups is 1. The van der Waals surface area contributed by atoms with Crippen molar-refractivity contribution in [3.05, 3.63) is 76.8 Å². The predicted molar refractivity (Wildman–Crippen MR) is 107 cm³/mol. The van der Waals surface area contributed by atoms with E-state index in [0.29, 0.717) is 11.4 Å². The van der Waals surface area contributed by atoms with Gasteiger partial charge >= 0.3 is 0 Å². The lowest BCUT2D eigenvalue weighted by atomic mass is 10.1. The Hall–Kier alpha value is -3.52. The molecule has 3 rings (SSSR count). The maximum Gasteiger partial charge on any atom is 0.271 e. The van der Waals surface area contributed by atoms with Gasteiger partial charge in [-0.25, -0.2) is 0 Å². The highest BCUT2D eigenvalue weighted by atomic mass is 32.1. The van der Waals surface area contributed by atoms with Gasteiger partial charge in [-0.05, 0) is 29.7 Å². The van der Waals surface area contributed by atoms with E-state index in [1.807, 2.05) is 36.4 Å². The highest BCUT2D eigenvalue weighted by Crippen LogP contribution is 2.25. The highest BCUT2D eigenvalue weighted by molar-refractivity contribution is 7.80. The van der Waals surface area contributed by atoms with Gasteiger partial charge in [0.2, 0.25) is 0 Å². The number of amides is 1. The lowest BCUT2D eigenvalue weighted by Gasteiger charge is -2.11. The lowest BCUT2D eigenvalue weighted by molar-refractivity contribution is -0.384. The van der Waals surface area contributed by atoms with Gasteiger partial charge in [0.15, 0.2) is 11.7 Å². The fraction of sp³-hybridized carbons (Fsp3) is 0.0526. The van der Waals surface area contributed by atoms with Crippen molar-refractivity contribution in [2.45, 2.75) is 0 Å². The number of fused-ring (bicyclic) bond motifs is 1. The molecule has 0 bridgehead atoms. The molecule has 0 aliphatic rings. The van der Waals surface area contributed by atoms with E-state index in [1.165, 1.54) is 18.2 Å². The van der Waals surface area contributed by atoms with Gasteiger partial charge in [-0.3, -0.25) is 20.2 Å². The quantitative estimate of drug-likeness (QED) is 0.398. The third-order valence-corrected chi connectivity index (χ3v) is 3.88. The summed E-state index contributed by atoms with van der Waals surface area (Å²) in [6.45, 7) is -0.217. The summed E-state index contributed by atoms with van der Waals surface area (Å²) in [6.07, 6.45) is 0. The second-order valence-corrected chi connectivity index (χ2v) is 5.98. The molecule has 0 aliphatic carbocycles. The molecule has 0 fully saturated rings. The van der Waals surface area contributed by atoms with Crippen LogP contribution in [0.25, 0.3) is 10.8 Å². The normalized spacial score (nSPS) is 10.2. The van der Waals surface area contributed by atoms with E-state index in [9.17, 15) is 14.9 Å². The molecule has 0 atom stereocenters.